The minimum Gasteiger partial charge on any atom is -0.480 e. The molecule has 0 aliphatic rings. The third-order valence-electron chi connectivity index (χ3n) is 2.31. The molecule has 1 rings (SSSR count). The second kappa shape index (κ2) is 5.91. The number of hydrogen-bond donors (Lipinski definition) is 1. The number of nitriles is 1. The van der Waals surface area contributed by atoms with Crippen LogP contribution in [0.4, 0.5) is 5.69 Å². The second-order valence-electron chi connectivity index (χ2n) is 3.70. The first-order valence-corrected chi connectivity index (χ1v) is 7.05. The van der Waals surface area contributed by atoms with Crippen LogP contribution >= 0.6 is 11.6 Å². The predicted molar refractivity (Wildman–Crippen MR) is 70.4 cm³/mol. The maximum absolute atomic E-state index is 12.1. The average molecular weight is 303 g/mol. The van der Waals surface area contributed by atoms with Gasteiger partial charge in [-0.2, -0.15) is 5.26 Å². The number of hydrogen-bond acceptors (Lipinski definition) is 4. The maximum Gasteiger partial charge on any atom is 0.324 e. The van der Waals surface area contributed by atoms with Crippen molar-refractivity contribution in [1.82, 2.24) is 0 Å². The van der Waals surface area contributed by atoms with E-state index in [0.29, 0.717) is 4.31 Å². The largest absolute Gasteiger partial charge is 0.480 e. The second-order valence-corrected chi connectivity index (χ2v) is 6.31. The number of nitrogens with zero attached hydrogens (tertiary/aromatic N) is 2. The van der Waals surface area contributed by atoms with Crippen molar-refractivity contribution in [2.24, 2.45) is 0 Å². The first-order valence-electron chi connectivity index (χ1n) is 5.17. The molecule has 0 fully saturated rings. The summed E-state index contributed by atoms with van der Waals surface area (Å²) in [5.74, 6) is -1.33. The highest BCUT2D eigenvalue weighted by Gasteiger charge is 2.30. The Balaban J connectivity index is 3.31. The molecule has 0 amide bonds. The van der Waals surface area contributed by atoms with E-state index in [2.05, 4.69) is 0 Å². The summed E-state index contributed by atoms with van der Waals surface area (Å²) in [6.07, 6.45) is 0. The van der Waals surface area contributed by atoms with Crippen molar-refractivity contribution in [2.75, 3.05) is 10.8 Å². The summed E-state index contributed by atoms with van der Waals surface area (Å²) in [5, 5.41) is 16.5. The first-order chi connectivity index (χ1) is 8.78. The van der Waals surface area contributed by atoms with Gasteiger partial charge in [0.1, 0.15) is 6.54 Å². The van der Waals surface area contributed by atoms with E-state index in [1.165, 1.54) is 31.2 Å². The molecule has 1 aromatic carbocycles. The third kappa shape index (κ3) is 3.59. The standard InChI is InChI=1S/C11H11ClN2O4S/c1-8(6-13)19(17,18)14(7-11(15)16)10-4-2-3-9(12)5-10/h2-5,8H,7H2,1H3,(H,15,16). The Kier molecular flexibility index (Phi) is 4.75. The average Bonchev–Trinajstić information content (AvgIpc) is 2.34. The van der Waals surface area contributed by atoms with Crippen LogP contribution in [0.15, 0.2) is 24.3 Å². The fourth-order valence-electron chi connectivity index (χ4n) is 1.34. The molecule has 0 bridgehead atoms. The van der Waals surface area contributed by atoms with Crippen LogP contribution in [0.3, 0.4) is 0 Å². The lowest BCUT2D eigenvalue weighted by molar-refractivity contribution is -0.135. The number of sulfonamides is 1. The minimum atomic E-state index is -4.08. The fraction of sp³-hybridized carbons (Fsp3) is 0.273. The van der Waals surface area contributed by atoms with E-state index in [4.69, 9.17) is 22.0 Å². The third-order valence-corrected chi connectivity index (χ3v) is 4.50. The molecule has 0 spiro atoms. The number of rotatable bonds is 5. The molecule has 0 aliphatic heterocycles. The van der Waals surface area contributed by atoms with E-state index >= 15 is 0 Å². The molecule has 1 atom stereocenters. The van der Waals surface area contributed by atoms with Crippen LogP contribution in [-0.4, -0.2) is 31.3 Å². The number of halogens is 1. The van der Waals surface area contributed by atoms with Crippen LogP contribution in [-0.2, 0) is 14.8 Å². The van der Waals surface area contributed by atoms with Gasteiger partial charge in [-0.1, -0.05) is 17.7 Å². The summed E-state index contributed by atoms with van der Waals surface area (Å²) in [5.41, 5.74) is 0.108. The number of carbonyl (C=O) groups is 1. The quantitative estimate of drug-likeness (QED) is 0.888. The molecule has 1 unspecified atom stereocenters. The molecule has 1 aromatic rings. The molecule has 0 radical (unpaired) electrons. The van der Waals surface area contributed by atoms with Crippen LogP contribution < -0.4 is 4.31 Å². The molecule has 19 heavy (non-hydrogen) atoms. The monoisotopic (exact) mass is 302 g/mol. The summed E-state index contributed by atoms with van der Waals surface area (Å²) in [6, 6.07) is 7.36. The van der Waals surface area contributed by atoms with Gasteiger partial charge in [0.25, 0.3) is 10.0 Å². The molecule has 0 heterocycles. The van der Waals surface area contributed by atoms with E-state index < -0.39 is 27.8 Å². The first kappa shape index (κ1) is 15.3. The zero-order valence-corrected chi connectivity index (χ0v) is 11.5. The van der Waals surface area contributed by atoms with E-state index in [0.717, 1.165) is 0 Å². The van der Waals surface area contributed by atoms with Crippen LogP contribution in [0.25, 0.3) is 0 Å². The highest BCUT2D eigenvalue weighted by Crippen LogP contribution is 2.23. The predicted octanol–water partition coefficient (Wildman–Crippen LogP) is 1.47. The van der Waals surface area contributed by atoms with Crippen molar-refractivity contribution < 1.29 is 18.3 Å². The molecule has 0 saturated carbocycles. The molecular weight excluding hydrogens is 292 g/mol. The number of aliphatic carboxylic acids is 1. The normalized spacial score (nSPS) is 12.5. The van der Waals surface area contributed by atoms with E-state index in [1.807, 2.05) is 0 Å². The van der Waals surface area contributed by atoms with E-state index in [9.17, 15) is 13.2 Å². The van der Waals surface area contributed by atoms with Gasteiger partial charge >= 0.3 is 5.97 Å². The lowest BCUT2D eigenvalue weighted by atomic mass is 10.3. The van der Waals surface area contributed by atoms with Gasteiger partial charge in [0.15, 0.2) is 5.25 Å². The summed E-state index contributed by atoms with van der Waals surface area (Å²) >= 11 is 5.76. The van der Waals surface area contributed by atoms with Gasteiger partial charge < -0.3 is 5.11 Å². The number of carboxylic acids is 1. The van der Waals surface area contributed by atoms with Crippen molar-refractivity contribution in [2.45, 2.75) is 12.2 Å². The molecule has 6 nitrogen and oxygen atoms in total. The van der Waals surface area contributed by atoms with Crippen molar-refractivity contribution in [3.05, 3.63) is 29.3 Å². The van der Waals surface area contributed by atoms with Crippen LogP contribution in [0, 0.1) is 11.3 Å². The minimum absolute atomic E-state index is 0.108. The van der Waals surface area contributed by atoms with Crippen molar-refractivity contribution in [1.29, 1.82) is 5.26 Å². The fourth-order valence-corrected chi connectivity index (χ4v) is 2.74. The Morgan fingerprint density at radius 2 is 2.21 bits per heavy atom. The van der Waals surface area contributed by atoms with Crippen LogP contribution in [0.5, 0.6) is 0 Å². The molecule has 0 aromatic heterocycles. The highest BCUT2D eigenvalue weighted by molar-refractivity contribution is 7.93. The van der Waals surface area contributed by atoms with Gasteiger partial charge in [0.05, 0.1) is 11.8 Å². The van der Waals surface area contributed by atoms with Gasteiger partial charge in [-0.25, -0.2) is 8.42 Å². The Hall–Kier alpha value is -1.78. The molecule has 8 heteroatoms. The zero-order chi connectivity index (χ0) is 14.6. The Labute approximate surface area is 115 Å². The summed E-state index contributed by atoms with van der Waals surface area (Å²) < 4.78 is 24.9. The summed E-state index contributed by atoms with van der Waals surface area (Å²) in [4.78, 5) is 10.8. The van der Waals surface area contributed by atoms with Gasteiger partial charge in [0, 0.05) is 5.02 Å². The Bertz CT molecular complexity index is 624. The topological polar surface area (TPSA) is 98.5 Å². The number of anilines is 1. The molecule has 1 N–H and O–H groups in total. The SMILES string of the molecule is CC(C#N)S(=O)(=O)N(CC(=O)O)c1cccc(Cl)c1. The lowest BCUT2D eigenvalue weighted by Crippen LogP contribution is -2.40. The van der Waals surface area contributed by atoms with E-state index in [1.54, 1.807) is 6.07 Å². The van der Waals surface area contributed by atoms with Gasteiger partial charge in [-0.05, 0) is 25.1 Å². The van der Waals surface area contributed by atoms with Crippen LogP contribution in [0.2, 0.25) is 5.02 Å². The molecule has 0 aliphatic carbocycles. The zero-order valence-electron chi connectivity index (χ0n) is 9.95. The van der Waals surface area contributed by atoms with Gasteiger partial charge in [0.2, 0.25) is 0 Å². The Morgan fingerprint density at radius 1 is 1.58 bits per heavy atom. The van der Waals surface area contributed by atoms with Crippen molar-refractivity contribution >= 4 is 33.3 Å². The van der Waals surface area contributed by atoms with Crippen molar-refractivity contribution in [3.63, 3.8) is 0 Å². The van der Waals surface area contributed by atoms with Gasteiger partial charge in [-0.3, -0.25) is 9.10 Å². The molecular formula is C11H11ClN2O4S. The summed E-state index contributed by atoms with van der Waals surface area (Å²) in [7, 11) is -4.08. The highest BCUT2D eigenvalue weighted by atomic mass is 35.5. The molecule has 0 saturated heterocycles. The number of benzene rings is 1. The Morgan fingerprint density at radius 3 is 2.68 bits per heavy atom. The smallest absolute Gasteiger partial charge is 0.324 e. The maximum atomic E-state index is 12.1. The lowest BCUT2D eigenvalue weighted by Gasteiger charge is -2.23. The molecule has 102 valence electrons. The number of carboxylic acid groups (broad SMARTS) is 1. The van der Waals surface area contributed by atoms with Crippen molar-refractivity contribution in [3.8, 4) is 6.07 Å². The van der Waals surface area contributed by atoms with Crippen LogP contribution in [0.1, 0.15) is 6.92 Å². The van der Waals surface area contributed by atoms with E-state index in [-0.39, 0.29) is 10.7 Å². The summed E-state index contributed by atoms with van der Waals surface area (Å²) in [6.45, 7) is 0.420. The van der Waals surface area contributed by atoms with Gasteiger partial charge in [-0.15, -0.1) is 0 Å².